The maximum Gasteiger partial charge on any atom is 0.472 e. The molecule has 0 aliphatic heterocycles. The maximum absolute atomic E-state index is 13.1. The standard InChI is InChI=1S/C81H158O17P2/c1-7-9-11-13-15-16-17-18-19-20-21-22-23-24-29-32-35-38-41-47-53-59-65-80(85)97-77(70-92-79(84)64-58-52-46-40-37-34-31-28-26-25-27-30-33-36-39-44-49-55-61-73(3)4)72-96-100(89,90)94-68-75(82)67-93-99(87,88)95-71-76(69-91-78(83)63-57-51-43-14-12-10-8-2)98-81(86)66-60-54-48-42-45-50-56-62-74(5)6/h73-77,82H,7-72H2,1-6H3,(H,87,88)(H,89,90)/t75-,76+,77+/m0/s1. The summed E-state index contributed by atoms with van der Waals surface area (Å²) >= 11 is 0. The second-order valence-corrected chi connectivity index (χ2v) is 33.0. The fraction of sp³-hybridized carbons (Fsp3) is 0.951. The normalized spacial score (nSPS) is 13.9. The zero-order valence-electron chi connectivity index (χ0n) is 65.5. The Morgan fingerprint density at radius 1 is 0.270 bits per heavy atom. The number of hydrogen-bond acceptors (Lipinski definition) is 15. The third kappa shape index (κ3) is 74.3. The summed E-state index contributed by atoms with van der Waals surface area (Å²) in [5.41, 5.74) is 0. The van der Waals surface area contributed by atoms with Crippen molar-refractivity contribution in [3.05, 3.63) is 0 Å². The Kier molecular flexibility index (Phi) is 71.2. The SMILES string of the molecule is CCCCCCCCCCCCCCCCCCCCCCCCC(=O)O[C@H](COC(=O)CCCCCCCCCCCCCCCCCCCCC(C)C)COP(=O)(O)OC[C@@H](O)COP(=O)(O)OC[C@@H](COC(=O)CCCCCCCCC)OC(=O)CCCCCCCCCC(C)C. The second-order valence-electron chi connectivity index (χ2n) is 30.1. The highest BCUT2D eigenvalue weighted by atomic mass is 31.2. The third-order valence-corrected chi connectivity index (χ3v) is 20.9. The van der Waals surface area contributed by atoms with Gasteiger partial charge in [0.15, 0.2) is 12.2 Å². The van der Waals surface area contributed by atoms with Gasteiger partial charge in [0, 0.05) is 25.7 Å². The van der Waals surface area contributed by atoms with Crippen LogP contribution in [0.3, 0.4) is 0 Å². The summed E-state index contributed by atoms with van der Waals surface area (Å²) in [6.07, 6.45) is 63.1. The van der Waals surface area contributed by atoms with Crippen molar-refractivity contribution in [3.8, 4) is 0 Å². The number of ether oxygens (including phenoxy) is 4. The number of phosphoric acid groups is 2. The topological polar surface area (TPSA) is 237 Å². The van der Waals surface area contributed by atoms with Crippen molar-refractivity contribution in [2.45, 2.75) is 445 Å². The first-order valence-electron chi connectivity index (χ1n) is 42.0. The molecule has 0 amide bonds. The Morgan fingerprint density at radius 3 is 0.680 bits per heavy atom. The number of unbranched alkanes of at least 4 members (excludes halogenated alkanes) is 50. The van der Waals surface area contributed by atoms with Crippen LogP contribution in [-0.2, 0) is 65.4 Å². The minimum atomic E-state index is -4.96. The minimum absolute atomic E-state index is 0.103. The van der Waals surface area contributed by atoms with Gasteiger partial charge in [0.05, 0.1) is 26.4 Å². The zero-order valence-corrected chi connectivity index (χ0v) is 67.3. The van der Waals surface area contributed by atoms with Crippen LogP contribution in [0.25, 0.3) is 0 Å². The summed E-state index contributed by atoms with van der Waals surface area (Å²) in [5, 5.41) is 10.6. The number of hydrogen-bond donors (Lipinski definition) is 3. The number of aliphatic hydroxyl groups is 1. The van der Waals surface area contributed by atoms with Crippen molar-refractivity contribution >= 4 is 39.5 Å². The van der Waals surface area contributed by atoms with E-state index in [1.807, 2.05) is 0 Å². The van der Waals surface area contributed by atoms with Gasteiger partial charge in [-0.3, -0.25) is 37.3 Å². The van der Waals surface area contributed by atoms with Gasteiger partial charge in [0.1, 0.15) is 19.3 Å². The number of carbonyl (C=O) groups is 4. The van der Waals surface area contributed by atoms with E-state index in [-0.39, 0.29) is 25.7 Å². The molecule has 0 saturated carbocycles. The summed E-state index contributed by atoms with van der Waals surface area (Å²) in [6, 6.07) is 0. The highest BCUT2D eigenvalue weighted by molar-refractivity contribution is 7.47. The highest BCUT2D eigenvalue weighted by Gasteiger charge is 2.30. The first kappa shape index (κ1) is 98.1. The van der Waals surface area contributed by atoms with E-state index in [9.17, 15) is 43.2 Å². The lowest BCUT2D eigenvalue weighted by Crippen LogP contribution is -2.30. The number of carbonyl (C=O) groups excluding carboxylic acids is 4. The minimum Gasteiger partial charge on any atom is -0.462 e. The van der Waals surface area contributed by atoms with Crippen LogP contribution in [0, 0.1) is 11.8 Å². The molecular formula is C81H158O17P2. The zero-order chi connectivity index (χ0) is 73.5. The Bertz CT molecular complexity index is 1920. The molecular weight excluding hydrogens is 1310 g/mol. The molecule has 17 nitrogen and oxygen atoms in total. The maximum atomic E-state index is 13.1. The fourth-order valence-electron chi connectivity index (χ4n) is 12.5. The molecule has 0 aliphatic rings. The largest absolute Gasteiger partial charge is 0.472 e. The smallest absolute Gasteiger partial charge is 0.462 e. The lowest BCUT2D eigenvalue weighted by molar-refractivity contribution is -0.161. The van der Waals surface area contributed by atoms with E-state index in [1.165, 1.54) is 231 Å². The van der Waals surface area contributed by atoms with Crippen LogP contribution in [0.5, 0.6) is 0 Å². The molecule has 0 aromatic rings. The molecule has 0 spiro atoms. The average molecular weight is 1470 g/mol. The van der Waals surface area contributed by atoms with Crippen molar-refractivity contribution < 1.29 is 80.2 Å². The van der Waals surface area contributed by atoms with Crippen LogP contribution in [0.2, 0.25) is 0 Å². The van der Waals surface area contributed by atoms with Gasteiger partial charge in [-0.2, -0.15) is 0 Å². The monoisotopic (exact) mass is 1470 g/mol. The predicted octanol–water partition coefficient (Wildman–Crippen LogP) is 24.3. The number of aliphatic hydroxyl groups excluding tert-OH is 1. The van der Waals surface area contributed by atoms with Crippen molar-refractivity contribution in [2.75, 3.05) is 39.6 Å². The summed E-state index contributed by atoms with van der Waals surface area (Å²) in [5.74, 6) is -0.600. The van der Waals surface area contributed by atoms with E-state index >= 15 is 0 Å². The van der Waals surface area contributed by atoms with Crippen LogP contribution in [0.4, 0.5) is 0 Å². The molecule has 19 heteroatoms. The Hall–Kier alpha value is -1.94. The predicted molar refractivity (Wildman–Crippen MR) is 409 cm³/mol. The van der Waals surface area contributed by atoms with Gasteiger partial charge >= 0.3 is 39.5 Å². The van der Waals surface area contributed by atoms with E-state index in [1.54, 1.807) is 0 Å². The van der Waals surface area contributed by atoms with Gasteiger partial charge in [0.25, 0.3) is 0 Å². The third-order valence-electron chi connectivity index (χ3n) is 19.0. The second kappa shape index (κ2) is 72.6. The molecule has 3 N–H and O–H groups in total. The van der Waals surface area contributed by atoms with Crippen LogP contribution in [-0.4, -0.2) is 96.7 Å². The van der Waals surface area contributed by atoms with E-state index in [0.717, 1.165) is 109 Å². The lowest BCUT2D eigenvalue weighted by Gasteiger charge is -2.21. The molecule has 0 heterocycles. The van der Waals surface area contributed by atoms with Gasteiger partial charge in [-0.15, -0.1) is 0 Å². The number of esters is 4. The molecule has 100 heavy (non-hydrogen) atoms. The molecule has 0 radical (unpaired) electrons. The molecule has 0 aromatic carbocycles. The Balaban J connectivity index is 5.12. The van der Waals surface area contributed by atoms with E-state index in [4.69, 9.17) is 37.0 Å². The average Bonchev–Trinajstić information content (AvgIpc) is 0.932. The van der Waals surface area contributed by atoms with Gasteiger partial charge in [-0.1, -0.05) is 375 Å². The van der Waals surface area contributed by atoms with Gasteiger partial charge in [0.2, 0.25) is 0 Å². The first-order chi connectivity index (χ1) is 48.4. The van der Waals surface area contributed by atoms with E-state index in [0.29, 0.717) is 31.6 Å². The van der Waals surface area contributed by atoms with E-state index < -0.39 is 97.5 Å². The molecule has 0 aliphatic carbocycles. The molecule has 2 unspecified atom stereocenters. The van der Waals surface area contributed by atoms with Crippen molar-refractivity contribution in [3.63, 3.8) is 0 Å². The van der Waals surface area contributed by atoms with Crippen LogP contribution in [0.15, 0.2) is 0 Å². The summed E-state index contributed by atoms with van der Waals surface area (Å²) in [7, 11) is -9.91. The molecule has 594 valence electrons. The van der Waals surface area contributed by atoms with Crippen LogP contribution >= 0.6 is 15.6 Å². The van der Waals surface area contributed by atoms with Crippen molar-refractivity contribution in [2.24, 2.45) is 11.8 Å². The van der Waals surface area contributed by atoms with Crippen LogP contribution in [0.1, 0.15) is 427 Å². The number of phosphoric ester groups is 2. The molecule has 0 fully saturated rings. The number of rotatable bonds is 80. The van der Waals surface area contributed by atoms with Gasteiger partial charge in [-0.25, -0.2) is 9.13 Å². The molecule has 0 rings (SSSR count). The highest BCUT2D eigenvalue weighted by Crippen LogP contribution is 2.45. The van der Waals surface area contributed by atoms with Crippen LogP contribution < -0.4 is 0 Å². The van der Waals surface area contributed by atoms with Gasteiger partial charge < -0.3 is 33.8 Å². The molecule has 0 saturated heterocycles. The summed E-state index contributed by atoms with van der Waals surface area (Å²) in [6.45, 7) is 9.55. The molecule has 5 atom stereocenters. The van der Waals surface area contributed by atoms with Gasteiger partial charge in [-0.05, 0) is 37.5 Å². The Morgan fingerprint density at radius 2 is 0.460 bits per heavy atom. The van der Waals surface area contributed by atoms with Crippen molar-refractivity contribution in [1.29, 1.82) is 0 Å². The fourth-order valence-corrected chi connectivity index (χ4v) is 14.1. The summed E-state index contributed by atoms with van der Waals surface area (Å²) in [4.78, 5) is 72.7. The van der Waals surface area contributed by atoms with Crippen molar-refractivity contribution in [1.82, 2.24) is 0 Å². The van der Waals surface area contributed by atoms with E-state index in [2.05, 4.69) is 41.5 Å². The quantitative estimate of drug-likeness (QED) is 0.0222. The molecule has 0 bridgehead atoms. The molecule has 0 aromatic heterocycles. The first-order valence-corrected chi connectivity index (χ1v) is 45.0. The lowest BCUT2D eigenvalue weighted by atomic mass is 10.0. The summed E-state index contributed by atoms with van der Waals surface area (Å²) < 4.78 is 68.5. The Labute approximate surface area is 613 Å².